The normalized spacial score (nSPS) is 11.4. The van der Waals surface area contributed by atoms with Gasteiger partial charge >= 0.3 is 0 Å². The van der Waals surface area contributed by atoms with E-state index in [-0.39, 0.29) is 0 Å². The van der Waals surface area contributed by atoms with Crippen LogP contribution in [-0.2, 0) is 19.9 Å². The van der Waals surface area contributed by atoms with Gasteiger partial charge in [0, 0.05) is 32.9 Å². The summed E-state index contributed by atoms with van der Waals surface area (Å²) >= 11 is 0. The first-order valence-electron chi connectivity index (χ1n) is 8.75. The summed E-state index contributed by atoms with van der Waals surface area (Å²) in [6.07, 6.45) is 5.71. The van der Waals surface area contributed by atoms with Crippen molar-refractivity contribution in [1.82, 2.24) is 20.4 Å². The summed E-state index contributed by atoms with van der Waals surface area (Å²) < 4.78 is 7.26. The maximum atomic E-state index is 5.43. The summed E-state index contributed by atoms with van der Waals surface area (Å²) in [5, 5.41) is 10.9. The van der Waals surface area contributed by atoms with E-state index < -0.39 is 0 Å². The lowest BCUT2D eigenvalue weighted by Gasteiger charge is -2.12. The molecule has 1 aromatic carbocycles. The van der Waals surface area contributed by atoms with E-state index in [0.717, 1.165) is 37.6 Å². The number of rotatable bonds is 8. The Kier molecular flexibility index (Phi) is 7.32. The van der Waals surface area contributed by atoms with Gasteiger partial charge in [-0.15, -0.1) is 0 Å². The molecule has 25 heavy (non-hydrogen) atoms. The lowest BCUT2D eigenvalue weighted by atomic mass is 10.1. The van der Waals surface area contributed by atoms with Crippen molar-refractivity contribution in [2.24, 2.45) is 12.0 Å². The van der Waals surface area contributed by atoms with Gasteiger partial charge in [0.2, 0.25) is 0 Å². The van der Waals surface area contributed by atoms with E-state index in [9.17, 15) is 0 Å². The van der Waals surface area contributed by atoms with E-state index >= 15 is 0 Å². The second kappa shape index (κ2) is 9.71. The van der Waals surface area contributed by atoms with E-state index in [2.05, 4.69) is 46.7 Å². The molecule has 136 valence electrons. The minimum Gasteiger partial charge on any atom is -0.496 e. The highest BCUT2D eigenvalue weighted by Crippen LogP contribution is 2.20. The van der Waals surface area contributed by atoms with Gasteiger partial charge in [0.15, 0.2) is 5.96 Å². The molecule has 0 amide bonds. The van der Waals surface area contributed by atoms with E-state index in [1.807, 2.05) is 30.2 Å². The highest BCUT2D eigenvalue weighted by Gasteiger charge is 2.04. The molecule has 2 aromatic rings. The van der Waals surface area contributed by atoms with Gasteiger partial charge in [-0.1, -0.05) is 17.7 Å². The van der Waals surface area contributed by atoms with Crippen molar-refractivity contribution in [3.63, 3.8) is 0 Å². The van der Waals surface area contributed by atoms with Crippen LogP contribution in [0.25, 0.3) is 0 Å². The number of aliphatic imine (C=N–C) groups is 1. The minimum absolute atomic E-state index is 0.710. The molecule has 1 heterocycles. The summed E-state index contributed by atoms with van der Waals surface area (Å²) in [6, 6.07) is 6.25. The fraction of sp³-hybridized carbons (Fsp3) is 0.474. The summed E-state index contributed by atoms with van der Waals surface area (Å²) in [5.74, 6) is 1.77. The summed E-state index contributed by atoms with van der Waals surface area (Å²) in [5.41, 5.74) is 3.65. The van der Waals surface area contributed by atoms with E-state index in [1.54, 1.807) is 7.11 Å². The number of aromatic nitrogens is 2. The Hall–Kier alpha value is -2.50. The quantitative estimate of drug-likeness (QED) is 0.569. The molecule has 6 nitrogen and oxygen atoms in total. The number of nitrogens with zero attached hydrogens (tertiary/aromatic N) is 3. The lowest BCUT2D eigenvalue weighted by molar-refractivity contribution is 0.409. The molecule has 0 aliphatic carbocycles. The summed E-state index contributed by atoms with van der Waals surface area (Å²) in [4.78, 5) is 4.67. The molecule has 0 radical (unpaired) electrons. The predicted molar refractivity (Wildman–Crippen MR) is 102 cm³/mol. The van der Waals surface area contributed by atoms with Crippen LogP contribution in [0, 0.1) is 6.92 Å². The molecule has 0 atom stereocenters. The second-order valence-corrected chi connectivity index (χ2v) is 6.02. The highest BCUT2D eigenvalue weighted by atomic mass is 16.5. The Labute approximate surface area is 150 Å². The molecule has 6 heteroatoms. The van der Waals surface area contributed by atoms with Crippen LogP contribution in [0.1, 0.15) is 23.6 Å². The van der Waals surface area contributed by atoms with Crippen LogP contribution in [-0.4, -0.2) is 42.5 Å². The largest absolute Gasteiger partial charge is 0.496 e. The standard InChI is InChI=1S/C19H29N5O/c1-5-20-19(21-10-8-16-13-23-24(3)14-16)22-11-9-17-12-15(2)6-7-18(17)25-4/h6-7,12-14H,5,8-11H2,1-4H3,(H2,20,21,22). The first-order chi connectivity index (χ1) is 12.1. The molecular formula is C19H29N5O. The molecule has 0 spiro atoms. The van der Waals surface area contributed by atoms with Crippen molar-refractivity contribution in [3.8, 4) is 5.75 Å². The van der Waals surface area contributed by atoms with Gasteiger partial charge in [0.05, 0.1) is 13.3 Å². The van der Waals surface area contributed by atoms with Crippen molar-refractivity contribution < 1.29 is 4.74 Å². The molecule has 0 saturated carbocycles. The third-order valence-corrected chi connectivity index (χ3v) is 3.90. The Morgan fingerprint density at radius 2 is 2.12 bits per heavy atom. The number of guanidine groups is 1. The molecule has 0 bridgehead atoms. The minimum atomic E-state index is 0.710. The third kappa shape index (κ3) is 6.14. The monoisotopic (exact) mass is 343 g/mol. The smallest absolute Gasteiger partial charge is 0.191 e. The molecule has 2 rings (SSSR count). The van der Waals surface area contributed by atoms with E-state index in [4.69, 9.17) is 4.74 Å². The van der Waals surface area contributed by atoms with Crippen LogP contribution >= 0.6 is 0 Å². The molecule has 2 N–H and O–H groups in total. The van der Waals surface area contributed by atoms with Crippen molar-refractivity contribution in [1.29, 1.82) is 0 Å². The van der Waals surface area contributed by atoms with Crippen LogP contribution in [0.4, 0.5) is 0 Å². The number of methoxy groups -OCH3 is 1. The zero-order valence-corrected chi connectivity index (χ0v) is 15.7. The lowest BCUT2D eigenvalue weighted by Crippen LogP contribution is -2.38. The number of hydrogen-bond acceptors (Lipinski definition) is 3. The van der Waals surface area contributed by atoms with Crippen LogP contribution < -0.4 is 15.4 Å². The third-order valence-electron chi connectivity index (χ3n) is 3.90. The zero-order chi connectivity index (χ0) is 18.1. The molecular weight excluding hydrogens is 314 g/mol. The average Bonchev–Trinajstić information content (AvgIpc) is 3.00. The fourth-order valence-electron chi connectivity index (χ4n) is 2.66. The number of nitrogens with one attached hydrogen (secondary N) is 2. The maximum absolute atomic E-state index is 5.43. The summed E-state index contributed by atoms with van der Waals surface area (Å²) in [7, 11) is 3.64. The van der Waals surface area contributed by atoms with Crippen molar-refractivity contribution in [3.05, 3.63) is 47.3 Å². The second-order valence-electron chi connectivity index (χ2n) is 6.02. The first-order valence-corrected chi connectivity index (χ1v) is 8.75. The van der Waals surface area contributed by atoms with Crippen molar-refractivity contribution in [2.45, 2.75) is 26.7 Å². The number of hydrogen-bond donors (Lipinski definition) is 2. The Bertz CT molecular complexity index is 693. The Morgan fingerprint density at radius 1 is 1.28 bits per heavy atom. The number of benzene rings is 1. The SMILES string of the molecule is CCNC(=NCCc1cc(C)ccc1OC)NCCc1cnn(C)c1. The molecule has 1 aromatic heterocycles. The Morgan fingerprint density at radius 3 is 2.80 bits per heavy atom. The van der Waals surface area contributed by atoms with E-state index in [0.29, 0.717) is 6.54 Å². The fourth-order valence-corrected chi connectivity index (χ4v) is 2.66. The van der Waals surface area contributed by atoms with Gasteiger partial charge in [-0.2, -0.15) is 5.10 Å². The predicted octanol–water partition coefficient (Wildman–Crippen LogP) is 2.08. The van der Waals surface area contributed by atoms with Gasteiger partial charge in [0.1, 0.15) is 5.75 Å². The van der Waals surface area contributed by atoms with Gasteiger partial charge in [0.25, 0.3) is 0 Å². The van der Waals surface area contributed by atoms with Crippen molar-refractivity contribution in [2.75, 3.05) is 26.7 Å². The van der Waals surface area contributed by atoms with Crippen LogP contribution in [0.2, 0.25) is 0 Å². The van der Waals surface area contributed by atoms with Crippen LogP contribution in [0.5, 0.6) is 5.75 Å². The van der Waals surface area contributed by atoms with Gasteiger partial charge in [-0.05, 0) is 43.9 Å². The summed E-state index contributed by atoms with van der Waals surface area (Å²) in [6.45, 7) is 6.54. The molecule has 0 fully saturated rings. The van der Waals surface area contributed by atoms with Crippen molar-refractivity contribution >= 4 is 5.96 Å². The highest BCUT2D eigenvalue weighted by molar-refractivity contribution is 5.79. The number of aryl methyl sites for hydroxylation is 2. The molecule has 0 aliphatic rings. The van der Waals surface area contributed by atoms with Gasteiger partial charge in [-0.3, -0.25) is 9.67 Å². The number of ether oxygens (including phenoxy) is 1. The average molecular weight is 343 g/mol. The van der Waals surface area contributed by atoms with Crippen LogP contribution in [0.15, 0.2) is 35.6 Å². The zero-order valence-electron chi connectivity index (χ0n) is 15.7. The maximum Gasteiger partial charge on any atom is 0.191 e. The topological polar surface area (TPSA) is 63.5 Å². The van der Waals surface area contributed by atoms with E-state index in [1.165, 1.54) is 16.7 Å². The molecule has 0 unspecified atom stereocenters. The van der Waals surface area contributed by atoms with Crippen LogP contribution in [0.3, 0.4) is 0 Å². The first kappa shape index (κ1) is 18.8. The van der Waals surface area contributed by atoms with Gasteiger partial charge in [-0.25, -0.2) is 0 Å². The van der Waals surface area contributed by atoms with Gasteiger partial charge < -0.3 is 15.4 Å². The molecule has 0 saturated heterocycles. The Balaban J connectivity index is 1.87. The molecule has 0 aliphatic heterocycles.